The fourth-order valence-electron chi connectivity index (χ4n) is 3.33. The number of rotatable bonds is 5. The number of benzene rings is 2. The van der Waals surface area contributed by atoms with Gasteiger partial charge in [0.25, 0.3) is 5.56 Å². The summed E-state index contributed by atoms with van der Waals surface area (Å²) in [5, 5.41) is 0.605. The molecular formula is C23H18F2N2O4. The molecule has 31 heavy (non-hydrogen) atoms. The summed E-state index contributed by atoms with van der Waals surface area (Å²) in [7, 11) is 1.60. The molecule has 1 N–H and O–H groups in total. The zero-order chi connectivity index (χ0) is 22.1. The highest BCUT2D eigenvalue weighted by molar-refractivity contribution is 5.98. The first-order valence-corrected chi connectivity index (χ1v) is 9.50. The van der Waals surface area contributed by atoms with Gasteiger partial charge in [0.2, 0.25) is 0 Å². The summed E-state index contributed by atoms with van der Waals surface area (Å²) < 4.78 is 39.7. The largest absolute Gasteiger partial charge is 0.462 e. The SMILES string of the molecule is CCOC(=O)c1ccc(Oc2ccc(F)cc2F)c(-c2cn(C)c(=O)c3[nH]ccc23)c1. The first-order chi connectivity index (χ1) is 14.9. The van der Waals surface area contributed by atoms with Crippen molar-refractivity contribution in [3.63, 3.8) is 0 Å². The first kappa shape index (κ1) is 20.3. The highest BCUT2D eigenvalue weighted by Crippen LogP contribution is 2.38. The number of nitrogens with one attached hydrogen (secondary N) is 1. The Kier molecular flexibility index (Phi) is 5.29. The highest BCUT2D eigenvalue weighted by Gasteiger charge is 2.19. The van der Waals surface area contributed by atoms with Crippen LogP contribution in [0.2, 0.25) is 0 Å². The van der Waals surface area contributed by atoms with Crippen LogP contribution in [-0.4, -0.2) is 22.1 Å². The number of esters is 1. The molecule has 158 valence electrons. The Morgan fingerprint density at radius 2 is 1.84 bits per heavy atom. The molecule has 2 aromatic carbocycles. The summed E-state index contributed by atoms with van der Waals surface area (Å²) >= 11 is 0. The smallest absolute Gasteiger partial charge is 0.338 e. The second kappa shape index (κ2) is 8.06. The van der Waals surface area contributed by atoms with Gasteiger partial charge in [-0.15, -0.1) is 0 Å². The second-order valence-electron chi connectivity index (χ2n) is 6.83. The Morgan fingerprint density at radius 3 is 2.58 bits per heavy atom. The number of hydrogen-bond acceptors (Lipinski definition) is 4. The van der Waals surface area contributed by atoms with Crippen LogP contribution in [0.1, 0.15) is 17.3 Å². The number of aromatic amines is 1. The standard InChI is InChI=1S/C23H18F2N2O4/c1-3-30-23(29)13-4-6-19(31-20-7-5-14(24)11-18(20)25)16(10-13)17-12-27(2)22(28)21-15(17)8-9-26-21/h4-12,26H,3H2,1-2H3. The molecule has 8 heteroatoms. The average molecular weight is 424 g/mol. The van der Waals surface area contributed by atoms with E-state index in [1.165, 1.54) is 22.8 Å². The van der Waals surface area contributed by atoms with Crippen LogP contribution in [0, 0.1) is 11.6 Å². The minimum atomic E-state index is -0.868. The van der Waals surface area contributed by atoms with Gasteiger partial charge in [-0.3, -0.25) is 4.79 Å². The van der Waals surface area contributed by atoms with E-state index in [-0.39, 0.29) is 29.2 Å². The van der Waals surface area contributed by atoms with E-state index in [0.717, 1.165) is 12.1 Å². The van der Waals surface area contributed by atoms with E-state index in [4.69, 9.17) is 9.47 Å². The molecule has 2 aromatic heterocycles. The summed E-state index contributed by atoms with van der Waals surface area (Å²) in [6.45, 7) is 1.90. The van der Waals surface area contributed by atoms with Gasteiger partial charge in [0.1, 0.15) is 17.1 Å². The molecule has 0 aliphatic carbocycles. The number of nitrogens with zero attached hydrogens (tertiary/aromatic N) is 1. The van der Waals surface area contributed by atoms with E-state index in [9.17, 15) is 18.4 Å². The molecule has 0 saturated heterocycles. The van der Waals surface area contributed by atoms with Gasteiger partial charge in [-0.05, 0) is 43.3 Å². The maximum atomic E-state index is 14.2. The van der Waals surface area contributed by atoms with Crippen LogP contribution < -0.4 is 10.3 Å². The van der Waals surface area contributed by atoms with E-state index >= 15 is 0 Å². The topological polar surface area (TPSA) is 73.3 Å². The molecule has 4 aromatic rings. The van der Waals surface area contributed by atoms with Gasteiger partial charge >= 0.3 is 5.97 Å². The molecule has 0 aliphatic rings. The molecule has 0 bridgehead atoms. The average Bonchev–Trinajstić information content (AvgIpc) is 3.23. The second-order valence-corrected chi connectivity index (χ2v) is 6.83. The summed E-state index contributed by atoms with van der Waals surface area (Å²) in [6, 6.07) is 9.27. The number of fused-ring (bicyclic) bond motifs is 1. The molecule has 0 spiro atoms. The first-order valence-electron chi connectivity index (χ1n) is 9.50. The maximum absolute atomic E-state index is 14.2. The highest BCUT2D eigenvalue weighted by atomic mass is 19.1. The molecule has 2 heterocycles. The van der Waals surface area contributed by atoms with Gasteiger partial charge in [0, 0.05) is 42.0 Å². The molecule has 4 rings (SSSR count). The molecule has 0 atom stereocenters. The fourth-order valence-corrected chi connectivity index (χ4v) is 3.33. The zero-order valence-electron chi connectivity index (χ0n) is 16.7. The van der Waals surface area contributed by atoms with Gasteiger partial charge in [-0.1, -0.05) is 0 Å². The lowest BCUT2D eigenvalue weighted by Crippen LogP contribution is -2.16. The minimum Gasteiger partial charge on any atom is -0.462 e. The third-order valence-electron chi connectivity index (χ3n) is 4.79. The fraction of sp³-hybridized carbons (Fsp3) is 0.130. The molecular weight excluding hydrogens is 406 g/mol. The van der Waals surface area contributed by atoms with Crippen molar-refractivity contribution >= 4 is 16.9 Å². The molecule has 0 unspecified atom stereocenters. The van der Waals surface area contributed by atoms with Gasteiger partial charge in [0.15, 0.2) is 11.6 Å². The lowest BCUT2D eigenvalue weighted by atomic mass is 10.00. The number of H-pyrrole nitrogens is 1. The van der Waals surface area contributed by atoms with Crippen molar-refractivity contribution in [1.29, 1.82) is 0 Å². The molecule has 0 aliphatic heterocycles. The molecule has 0 radical (unpaired) electrons. The van der Waals surface area contributed by atoms with Gasteiger partial charge in [-0.2, -0.15) is 0 Å². The predicted molar refractivity (Wildman–Crippen MR) is 111 cm³/mol. The van der Waals surface area contributed by atoms with Crippen LogP contribution in [0.3, 0.4) is 0 Å². The van der Waals surface area contributed by atoms with Crippen LogP contribution in [0.25, 0.3) is 22.0 Å². The monoisotopic (exact) mass is 424 g/mol. The summed E-state index contributed by atoms with van der Waals surface area (Å²) in [6.07, 6.45) is 3.24. The Labute approximate surface area is 175 Å². The number of carbonyl (C=O) groups excluding carboxylic acids is 1. The van der Waals surface area contributed by atoms with E-state index < -0.39 is 17.6 Å². The summed E-state index contributed by atoms with van der Waals surface area (Å²) in [5.74, 6) is -2.08. The Hall–Kier alpha value is -3.94. The van der Waals surface area contributed by atoms with E-state index in [0.29, 0.717) is 22.0 Å². The molecule has 0 amide bonds. The van der Waals surface area contributed by atoms with Crippen molar-refractivity contribution in [2.45, 2.75) is 6.92 Å². The van der Waals surface area contributed by atoms with Crippen LogP contribution in [-0.2, 0) is 11.8 Å². The zero-order valence-corrected chi connectivity index (χ0v) is 16.7. The number of pyridine rings is 1. The minimum absolute atomic E-state index is 0.179. The van der Waals surface area contributed by atoms with Crippen molar-refractivity contribution in [3.05, 3.63) is 82.4 Å². The molecule has 0 saturated carbocycles. The van der Waals surface area contributed by atoms with Crippen molar-refractivity contribution in [1.82, 2.24) is 9.55 Å². The van der Waals surface area contributed by atoms with Crippen LogP contribution in [0.4, 0.5) is 8.78 Å². The third kappa shape index (κ3) is 3.79. The number of hydrogen-bond donors (Lipinski definition) is 1. The Balaban J connectivity index is 1.93. The number of aryl methyl sites for hydroxylation is 1. The Bertz CT molecular complexity index is 1360. The lowest BCUT2D eigenvalue weighted by molar-refractivity contribution is 0.0526. The number of aromatic nitrogens is 2. The summed E-state index contributed by atoms with van der Waals surface area (Å²) in [5.41, 5.74) is 1.44. The van der Waals surface area contributed by atoms with E-state index in [1.807, 2.05) is 0 Å². The van der Waals surface area contributed by atoms with Crippen LogP contribution in [0.5, 0.6) is 11.5 Å². The molecule has 6 nitrogen and oxygen atoms in total. The van der Waals surface area contributed by atoms with Crippen molar-refractivity contribution in [2.75, 3.05) is 6.61 Å². The van der Waals surface area contributed by atoms with E-state index in [2.05, 4.69) is 4.98 Å². The number of carbonyl (C=O) groups is 1. The van der Waals surface area contributed by atoms with Gasteiger partial charge < -0.3 is 19.0 Å². The maximum Gasteiger partial charge on any atom is 0.338 e. The van der Waals surface area contributed by atoms with Gasteiger partial charge in [-0.25, -0.2) is 13.6 Å². The Morgan fingerprint density at radius 1 is 1.06 bits per heavy atom. The third-order valence-corrected chi connectivity index (χ3v) is 4.79. The lowest BCUT2D eigenvalue weighted by Gasteiger charge is -2.15. The number of ether oxygens (including phenoxy) is 2. The van der Waals surface area contributed by atoms with Crippen molar-refractivity contribution in [2.24, 2.45) is 7.05 Å². The van der Waals surface area contributed by atoms with Gasteiger partial charge in [0.05, 0.1) is 12.2 Å². The molecule has 0 fully saturated rings. The van der Waals surface area contributed by atoms with Crippen LogP contribution in [0.15, 0.2) is 59.7 Å². The van der Waals surface area contributed by atoms with Crippen LogP contribution >= 0.6 is 0 Å². The predicted octanol–water partition coefficient (Wildman–Crippen LogP) is 4.78. The van der Waals surface area contributed by atoms with Crippen molar-refractivity contribution < 1.29 is 23.0 Å². The quantitative estimate of drug-likeness (QED) is 0.468. The van der Waals surface area contributed by atoms with Crippen molar-refractivity contribution in [3.8, 4) is 22.6 Å². The number of halogens is 2. The summed E-state index contributed by atoms with van der Waals surface area (Å²) in [4.78, 5) is 27.6. The van der Waals surface area contributed by atoms with E-state index in [1.54, 1.807) is 38.5 Å². The normalized spacial score (nSPS) is 11.0.